The van der Waals surface area contributed by atoms with Crippen molar-refractivity contribution < 1.29 is 9.32 Å². The van der Waals surface area contributed by atoms with E-state index in [1.165, 1.54) is 0 Å². The minimum Gasteiger partial charge on any atom is -0.359 e. The predicted octanol–water partition coefficient (Wildman–Crippen LogP) is 2.91. The maximum atomic E-state index is 12.5. The first kappa shape index (κ1) is 14.3. The number of nitrogens with zero attached hydrogens (tertiary/aromatic N) is 3. The molecule has 0 saturated carbocycles. The highest BCUT2D eigenvalue weighted by Crippen LogP contribution is 2.32. The molecule has 2 aromatic rings. The van der Waals surface area contributed by atoms with Crippen LogP contribution in [0.5, 0.6) is 0 Å². The lowest BCUT2D eigenvalue weighted by atomic mass is 10.1. The van der Waals surface area contributed by atoms with Crippen LogP contribution in [-0.2, 0) is 17.6 Å². The zero-order chi connectivity index (χ0) is 14.8. The molecule has 1 fully saturated rings. The summed E-state index contributed by atoms with van der Waals surface area (Å²) in [7, 11) is 0. The molecular formula is C15H19N3O2S. The molecule has 0 unspecified atom stereocenters. The number of likely N-dealkylation sites (tertiary alicyclic amines) is 1. The first-order valence-corrected chi connectivity index (χ1v) is 8.21. The van der Waals surface area contributed by atoms with Crippen LogP contribution in [0.25, 0.3) is 0 Å². The monoisotopic (exact) mass is 305 g/mol. The number of carbonyl (C=O) groups is 1. The lowest BCUT2D eigenvalue weighted by Crippen LogP contribution is -2.31. The molecule has 2 aromatic heterocycles. The van der Waals surface area contributed by atoms with E-state index in [-0.39, 0.29) is 11.9 Å². The van der Waals surface area contributed by atoms with Crippen molar-refractivity contribution in [1.29, 1.82) is 0 Å². The Kier molecular flexibility index (Phi) is 4.05. The van der Waals surface area contributed by atoms with Crippen LogP contribution in [0.15, 0.2) is 16.0 Å². The van der Waals surface area contributed by atoms with E-state index in [4.69, 9.17) is 4.52 Å². The van der Waals surface area contributed by atoms with E-state index in [1.807, 2.05) is 23.3 Å². The average Bonchev–Trinajstić information content (AvgIpc) is 3.17. The summed E-state index contributed by atoms with van der Waals surface area (Å²) in [4.78, 5) is 18.9. The molecule has 5 nitrogen and oxygen atoms in total. The van der Waals surface area contributed by atoms with Gasteiger partial charge in [-0.05, 0) is 26.2 Å². The Hall–Kier alpha value is -1.69. The van der Waals surface area contributed by atoms with E-state index in [0.717, 1.165) is 48.0 Å². The fourth-order valence-corrected chi connectivity index (χ4v) is 3.50. The Morgan fingerprint density at radius 1 is 1.57 bits per heavy atom. The van der Waals surface area contributed by atoms with Gasteiger partial charge in [-0.25, -0.2) is 4.98 Å². The zero-order valence-corrected chi connectivity index (χ0v) is 13.2. The van der Waals surface area contributed by atoms with Crippen LogP contribution >= 0.6 is 11.3 Å². The standard InChI is InChI=1S/C15H19N3O2S/c1-3-14-16-11(9-21-14)8-15(19)18-6-4-5-12(18)13-7-10(2)17-20-13/h7,9,12H,3-6,8H2,1-2H3/t12-/m0/s1. The molecule has 0 N–H and O–H groups in total. The van der Waals surface area contributed by atoms with E-state index in [1.54, 1.807) is 11.3 Å². The summed E-state index contributed by atoms with van der Waals surface area (Å²) < 4.78 is 5.34. The highest BCUT2D eigenvalue weighted by molar-refractivity contribution is 7.09. The van der Waals surface area contributed by atoms with Gasteiger partial charge in [0, 0.05) is 18.0 Å². The highest BCUT2D eigenvalue weighted by atomic mass is 32.1. The lowest BCUT2D eigenvalue weighted by molar-refractivity contribution is -0.131. The van der Waals surface area contributed by atoms with Gasteiger partial charge in [0.2, 0.25) is 5.91 Å². The van der Waals surface area contributed by atoms with Crippen molar-refractivity contribution in [3.63, 3.8) is 0 Å². The summed E-state index contributed by atoms with van der Waals surface area (Å²) in [5.74, 6) is 0.922. The van der Waals surface area contributed by atoms with Crippen molar-refractivity contribution in [3.8, 4) is 0 Å². The Balaban J connectivity index is 1.71. The third-order valence-corrected chi connectivity index (χ3v) is 4.82. The summed E-state index contributed by atoms with van der Waals surface area (Å²) in [6, 6.07) is 1.96. The molecule has 1 saturated heterocycles. The molecule has 0 radical (unpaired) electrons. The van der Waals surface area contributed by atoms with Gasteiger partial charge in [-0.2, -0.15) is 0 Å². The van der Waals surface area contributed by atoms with Crippen molar-refractivity contribution in [2.75, 3.05) is 6.54 Å². The summed E-state index contributed by atoms with van der Waals surface area (Å²) in [5.41, 5.74) is 1.73. The summed E-state index contributed by atoms with van der Waals surface area (Å²) >= 11 is 1.62. The number of hydrogen-bond acceptors (Lipinski definition) is 5. The molecule has 0 aliphatic carbocycles. The third-order valence-electron chi connectivity index (χ3n) is 3.78. The van der Waals surface area contributed by atoms with Gasteiger partial charge in [-0.3, -0.25) is 4.79 Å². The maximum Gasteiger partial charge on any atom is 0.229 e. The lowest BCUT2D eigenvalue weighted by Gasteiger charge is -2.22. The molecule has 6 heteroatoms. The first-order valence-electron chi connectivity index (χ1n) is 7.33. The largest absolute Gasteiger partial charge is 0.359 e. The molecular weight excluding hydrogens is 286 g/mol. The third kappa shape index (κ3) is 3.00. The van der Waals surface area contributed by atoms with Gasteiger partial charge in [0.15, 0.2) is 5.76 Å². The maximum absolute atomic E-state index is 12.5. The summed E-state index contributed by atoms with van der Waals surface area (Å²) in [5, 5.41) is 7.00. The molecule has 3 heterocycles. The SMILES string of the molecule is CCc1nc(CC(=O)N2CCC[C@H]2c2cc(C)no2)cs1. The van der Waals surface area contributed by atoms with Crippen LogP contribution in [0.3, 0.4) is 0 Å². The number of amides is 1. The molecule has 0 bridgehead atoms. The van der Waals surface area contributed by atoms with Crippen LogP contribution in [0.1, 0.15) is 48.0 Å². The number of hydrogen-bond donors (Lipinski definition) is 0. The van der Waals surface area contributed by atoms with Crippen LogP contribution in [-0.4, -0.2) is 27.5 Å². The van der Waals surface area contributed by atoms with Crippen molar-refractivity contribution in [1.82, 2.24) is 15.0 Å². The molecule has 21 heavy (non-hydrogen) atoms. The van der Waals surface area contributed by atoms with Gasteiger partial charge < -0.3 is 9.42 Å². The molecule has 1 amide bonds. The van der Waals surface area contributed by atoms with Crippen molar-refractivity contribution in [3.05, 3.63) is 33.6 Å². The Bertz CT molecular complexity index is 634. The number of carbonyl (C=O) groups excluding carboxylic acids is 1. The van der Waals surface area contributed by atoms with Crippen LogP contribution in [0.2, 0.25) is 0 Å². The van der Waals surface area contributed by atoms with Crippen molar-refractivity contribution in [2.24, 2.45) is 0 Å². The van der Waals surface area contributed by atoms with Gasteiger partial charge in [-0.15, -0.1) is 11.3 Å². The topological polar surface area (TPSA) is 59.2 Å². The van der Waals surface area contributed by atoms with E-state index in [0.29, 0.717) is 6.42 Å². The zero-order valence-electron chi connectivity index (χ0n) is 12.3. The fourth-order valence-electron chi connectivity index (χ4n) is 2.75. The predicted molar refractivity (Wildman–Crippen MR) is 80.1 cm³/mol. The fraction of sp³-hybridized carbons (Fsp3) is 0.533. The smallest absolute Gasteiger partial charge is 0.229 e. The number of aromatic nitrogens is 2. The minimum absolute atomic E-state index is 0.0305. The van der Waals surface area contributed by atoms with Crippen LogP contribution in [0.4, 0.5) is 0 Å². The average molecular weight is 305 g/mol. The summed E-state index contributed by atoms with van der Waals surface area (Å²) in [6.45, 7) is 4.76. The molecule has 1 aliphatic heterocycles. The Morgan fingerprint density at radius 3 is 3.10 bits per heavy atom. The van der Waals surface area contributed by atoms with E-state index >= 15 is 0 Å². The molecule has 3 rings (SSSR count). The van der Waals surface area contributed by atoms with Gasteiger partial charge in [0.05, 0.1) is 28.9 Å². The van der Waals surface area contributed by atoms with Gasteiger partial charge in [0.1, 0.15) is 0 Å². The first-order chi connectivity index (χ1) is 10.2. The van der Waals surface area contributed by atoms with Crippen molar-refractivity contribution >= 4 is 17.2 Å². The van der Waals surface area contributed by atoms with Gasteiger partial charge in [-0.1, -0.05) is 12.1 Å². The van der Waals surface area contributed by atoms with E-state index < -0.39 is 0 Å². The minimum atomic E-state index is 0.0305. The second-order valence-electron chi connectivity index (χ2n) is 5.38. The number of aryl methyl sites for hydroxylation is 2. The number of thiazole rings is 1. The normalized spacial score (nSPS) is 18.4. The number of rotatable bonds is 4. The van der Waals surface area contributed by atoms with E-state index in [9.17, 15) is 4.79 Å². The van der Waals surface area contributed by atoms with Gasteiger partial charge in [0.25, 0.3) is 0 Å². The Morgan fingerprint density at radius 2 is 2.43 bits per heavy atom. The second kappa shape index (κ2) is 5.97. The summed E-state index contributed by atoms with van der Waals surface area (Å²) in [6.07, 6.45) is 3.24. The van der Waals surface area contributed by atoms with Crippen LogP contribution < -0.4 is 0 Å². The van der Waals surface area contributed by atoms with E-state index in [2.05, 4.69) is 17.1 Å². The highest BCUT2D eigenvalue weighted by Gasteiger charge is 2.32. The van der Waals surface area contributed by atoms with Crippen LogP contribution in [0, 0.1) is 6.92 Å². The molecule has 0 aromatic carbocycles. The molecule has 1 atom stereocenters. The molecule has 1 aliphatic rings. The second-order valence-corrected chi connectivity index (χ2v) is 6.32. The Labute approximate surface area is 128 Å². The molecule has 112 valence electrons. The van der Waals surface area contributed by atoms with Gasteiger partial charge >= 0.3 is 0 Å². The molecule has 0 spiro atoms. The van der Waals surface area contributed by atoms with Crippen molar-refractivity contribution in [2.45, 2.75) is 45.6 Å². The quantitative estimate of drug-likeness (QED) is 0.871.